The van der Waals surface area contributed by atoms with E-state index in [9.17, 15) is 4.79 Å². The van der Waals surface area contributed by atoms with Crippen LogP contribution in [0.3, 0.4) is 0 Å². The van der Waals surface area contributed by atoms with Gasteiger partial charge in [-0.2, -0.15) is 0 Å². The minimum Gasteiger partial charge on any atom is -0.459 e. The minimum absolute atomic E-state index is 0.0862. The molecule has 2 aromatic carbocycles. The SMILES string of the molecule is CN(Cc1ccc(-c2ccc(Cl)cc2)o1)C(=O)CSc1nnc(-c2cccc(Cl)c2)o1. The molecular formula is C22H17Cl2N3O3S. The van der Waals surface area contributed by atoms with E-state index in [4.69, 9.17) is 32.0 Å². The van der Waals surface area contributed by atoms with E-state index >= 15 is 0 Å². The highest BCUT2D eigenvalue weighted by atomic mass is 35.5. The Kier molecular flexibility index (Phi) is 6.65. The van der Waals surface area contributed by atoms with Crippen LogP contribution in [-0.2, 0) is 11.3 Å². The number of furan rings is 1. The Hall–Kier alpha value is -2.74. The van der Waals surface area contributed by atoms with E-state index in [1.165, 1.54) is 11.8 Å². The molecule has 0 saturated heterocycles. The monoisotopic (exact) mass is 473 g/mol. The van der Waals surface area contributed by atoms with Crippen molar-refractivity contribution < 1.29 is 13.6 Å². The fraction of sp³-hybridized carbons (Fsp3) is 0.136. The largest absolute Gasteiger partial charge is 0.459 e. The number of halogens is 2. The van der Waals surface area contributed by atoms with Crippen LogP contribution < -0.4 is 0 Å². The first kappa shape index (κ1) is 21.5. The van der Waals surface area contributed by atoms with Crippen LogP contribution in [0.2, 0.25) is 10.0 Å². The van der Waals surface area contributed by atoms with E-state index in [0.717, 1.165) is 16.9 Å². The molecule has 9 heteroatoms. The summed E-state index contributed by atoms with van der Waals surface area (Å²) in [5.74, 6) is 1.85. The molecule has 1 amide bonds. The second kappa shape index (κ2) is 9.60. The third-order valence-corrected chi connectivity index (χ3v) is 5.70. The summed E-state index contributed by atoms with van der Waals surface area (Å²) >= 11 is 13.1. The van der Waals surface area contributed by atoms with Crippen LogP contribution in [0.1, 0.15) is 5.76 Å². The molecular weight excluding hydrogens is 457 g/mol. The maximum atomic E-state index is 12.5. The summed E-state index contributed by atoms with van der Waals surface area (Å²) in [6, 6.07) is 18.3. The average molecular weight is 474 g/mol. The molecule has 0 bridgehead atoms. The molecule has 2 aromatic heterocycles. The molecule has 0 fully saturated rings. The van der Waals surface area contributed by atoms with E-state index in [1.807, 2.05) is 30.3 Å². The Balaban J connectivity index is 1.32. The molecule has 0 aliphatic heterocycles. The van der Waals surface area contributed by atoms with Crippen LogP contribution in [-0.4, -0.2) is 33.8 Å². The Morgan fingerprint density at radius 1 is 0.968 bits per heavy atom. The number of hydrogen-bond donors (Lipinski definition) is 0. The lowest BCUT2D eigenvalue weighted by molar-refractivity contribution is -0.127. The minimum atomic E-state index is -0.0862. The zero-order valence-corrected chi connectivity index (χ0v) is 18.7. The van der Waals surface area contributed by atoms with E-state index in [-0.39, 0.29) is 11.7 Å². The van der Waals surface area contributed by atoms with Gasteiger partial charge in [-0.15, -0.1) is 10.2 Å². The summed E-state index contributed by atoms with van der Waals surface area (Å²) in [4.78, 5) is 14.1. The first-order valence-electron chi connectivity index (χ1n) is 9.29. The standard InChI is InChI=1S/C22H17Cl2N3O3S/c1-27(12-18-9-10-19(29-18)14-5-7-16(23)8-6-14)20(28)13-31-22-26-25-21(30-22)15-3-2-4-17(24)11-15/h2-11H,12-13H2,1H3. The first-order valence-corrected chi connectivity index (χ1v) is 11.0. The van der Waals surface area contributed by atoms with Gasteiger partial charge < -0.3 is 13.7 Å². The lowest BCUT2D eigenvalue weighted by Gasteiger charge is -2.14. The summed E-state index contributed by atoms with van der Waals surface area (Å²) in [6.07, 6.45) is 0. The molecule has 158 valence electrons. The smallest absolute Gasteiger partial charge is 0.277 e. The third-order valence-electron chi connectivity index (χ3n) is 4.41. The van der Waals surface area contributed by atoms with Crippen molar-refractivity contribution in [3.05, 3.63) is 76.5 Å². The molecule has 0 saturated carbocycles. The quantitative estimate of drug-likeness (QED) is 0.304. The maximum Gasteiger partial charge on any atom is 0.277 e. The van der Waals surface area contributed by atoms with Gasteiger partial charge in [0.05, 0.1) is 12.3 Å². The number of thioether (sulfide) groups is 1. The number of hydrogen-bond acceptors (Lipinski definition) is 6. The Morgan fingerprint density at radius 2 is 1.77 bits per heavy atom. The van der Waals surface area contributed by atoms with Gasteiger partial charge in [-0.1, -0.05) is 41.0 Å². The fourth-order valence-electron chi connectivity index (χ4n) is 2.79. The van der Waals surface area contributed by atoms with Gasteiger partial charge in [0.15, 0.2) is 0 Å². The predicted octanol–water partition coefficient (Wildman–Crippen LogP) is 6.05. The molecule has 0 atom stereocenters. The van der Waals surface area contributed by atoms with Crippen molar-refractivity contribution in [2.75, 3.05) is 12.8 Å². The van der Waals surface area contributed by atoms with Crippen LogP contribution in [0.5, 0.6) is 0 Å². The lowest BCUT2D eigenvalue weighted by Crippen LogP contribution is -2.27. The van der Waals surface area contributed by atoms with Gasteiger partial charge in [-0.05, 0) is 54.6 Å². The van der Waals surface area contributed by atoms with Crippen LogP contribution in [0.25, 0.3) is 22.8 Å². The Labute approximate surface area is 193 Å². The van der Waals surface area contributed by atoms with Gasteiger partial charge in [0, 0.05) is 28.2 Å². The number of carbonyl (C=O) groups excluding carboxylic acids is 1. The molecule has 0 spiro atoms. The van der Waals surface area contributed by atoms with Crippen LogP contribution >= 0.6 is 35.0 Å². The van der Waals surface area contributed by atoms with Crippen molar-refractivity contribution in [2.45, 2.75) is 11.8 Å². The molecule has 0 aliphatic carbocycles. The summed E-state index contributed by atoms with van der Waals surface area (Å²) in [7, 11) is 1.72. The Bertz CT molecular complexity index is 1190. The van der Waals surface area contributed by atoms with Crippen LogP contribution in [0.15, 0.2) is 74.7 Å². The van der Waals surface area contributed by atoms with Crippen LogP contribution in [0.4, 0.5) is 0 Å². The van der Waals surface area contributed by atoms with Crippen molar-refractivity contribution in [1.82, 2.24) is 15.1 Å². The van der Waals surface area contributed by atoms with Crippen molar-refractivity contribution >= 4 is 40.9 Å². The van der Waals surface area contributed by atoms with Crippen molar-refractivity contribution in [1.29, 1.82) is 0 Å². The lowest BCUT2D eigenvalue weighted by atomic mass is 10.2. The van der Waals surface area contributed by atoms with E-state index < -0.39 is 0 Å². The highest BCUT2D eigenvalue weighted by Crippen LogP contribution is 2.26. The zero-order valence-electron chi connectivity index (χ0n) is 16.4. The summed E-state index contributed by atoms with van der Waals surface area (Å²) in [5.41, 5.74) is 1.65. The molecule has 4 rings (SSSR count). The topological polar surface area (TPSA) is 72.4 Å². The summed E-state index contributed by atoms with van der Waals surface area (Å²) < 4.78 is 11.5. The molecule has 0 unspecified atom stereocenters. The highest BCUT2D eigenvalue weighted by Gasteiger charge is 2.16. The summed E-state index contributed by atoms with van der Waals surface area (Å²) in [6.45, 7) is 0.352. The molecule has 0 radical (unpaired) electrons. The second-order valence-corrected chi connectivity index (χ2v) is 8.49. The molecule has 2 heterocycles. The number of nitrogens with zero attached hydrogens (tertiary/aromatic N) is 3. The molecule has 0 aliphatic rings. The summed E-state index contributed by atoms with van der Waals surface area (Å²) in [5, 5.41) is 9.56. The van der Waals surface area contributed by atoms with E-state index in [2.05, 4.69) is 10.2 Å². The van der Waals surface area contributed by atoms with Gasteiger partial charge in [-0.25, -0.2) is 0 Å². The molecule has 6 nitrogen and oxygen atoms in total. The van der Waals surface area contributed by atoms with Crippen molar-refractivity contribution in [3.8, 4) is 22.8 Å². The normalized spacial score (nSPS) is 10.9. The number of benzene rings is 2. The van der Waals surface area contributed by atoms with E-state index in [1.54, 1.807) is 42.3 Å². The van der Waals surface area contributed by atoms with E-state index in [0.29, 0.717) is 33.5 Å². The molecule has 4 aromatic rings. The first-order chi connectivity index (χ1) is 15.0. The van der Waals surface area contributed by atoms with Crippen molar-refractivity contribution in [3.63, 3.8) is 0 Å². The maximum absolute atomic E-state index is 12.5. The van der Waals surface area contributed by atoms with Crippen LogP contribution in [0, 0.1) is 0 Å². The highest BCUT2D eigenvalue weighted by molar-refractivity contribution is 7.99. The van der Waals surface area contributed by atoms with Gasteiger partial charge in [0.2, 0.25) is 11.8 Å². The Morgan fingerprint density at radius 3 is 2.55 bits per heavy atom. The molecule has 31 heavy (non-hydrogen) atoms. The van der Waals surface area contributed by atoms with Gasteiger partial charge >= 0.3 is 0 Å². The third kappa shape index (κ3) is 5.50. The number of aromatic nitrogens is 2. The fourth-order valence-corrected chi connectivity index (χ4v) is 3.81. The number of amides is 1. The number of carbonyl (C=O) groups is 1. The molecule has 0 N–H and O–H groups in total. The van der Waals surface area contributed by atoms with Gasteiger partial charge in [0.25, 0.3) is 5.22 Å². The number of rotatable bonds is 7. The average Bonchev–Trinajstić information content (AvgIpc) is 3.42. The van der Waals surface area contributed by atoms with Crippen molar-refractivity contribution in [2.24, 2.45) is 0 Å². The van der Waals surface area contributed by atoms with Gasteiger partial charge in [-0.3, -0.25) is 4.79 Å². The second-order valence-electron chi connectivity index (χ2n) is 6.69. The predicted molar refractivity (Wildman–Crippen MR) is 121 cm³/mol. The zero-order chi connectivity index (χ0) is 21.8. The van der Waals surface area contributed by atoms with Gasteiger partial charge in [0.1, 0.15) is 11.5 Å².